The van der Waals surface area contributed by atoms with Crippen molar-refractivity contribution in [3.8, 4) is 0 Å². The number of aromatic amines is 1. The lowest BCUT2D eigenvalue weighted by Gasteiger charge is -2.35. The van der Waals surface area contributed by atoms with Gasteiger partial charge in [-0.2, -0.15) is 0 Å². The number of anilines is 1. The van der Waals surface area contributed by atoms with Crippen molar-refractivity contribution in [1.29, 1.82) is 0 Å². The molecule has 2 saturated heterocycles. The van der Waals surface area contributed by atoms with Crippen molar-refractivity contribution in [2.24, 2.45) is 0 Å². The number of amides is 1. The Hall–Kier alpha value is -2.87. The van der Waals surface area contributed by atoms with Crippen molar-refractivity contribution in [3.05, 3.63) is 59.9 Å². The van der Waals surface area contributed by atoms with E-state index in [4.69, 9.17) is 4.98 Å². The van der Waals surface area contributed by atoms with Gasteiger partial charge in [-0.15, -0.1) is 0 Å². The van der Waals surface area contributed by atoms with E-state index in [1.807, 2.05) is 29.2 Å². The molecule has 0 bridgehead atoms. The van der Waals surface area contributed by atoms with Crippen LogP contribution in [0, 0.1) is 0 Å². The SMILES string of the molecule is O=C(c1cccc(N2CCCCS2(=O)=O)c1)N1CCCC[C@@H]1c1nc2ccccc2[nH]1. The van der Waals surface area contributed by atoms with Gasteiger partial charge in [0, 0.05) is 18.7 Å². The second kappa shape index (κ2) is 8.00. The van der Waals surface area contributed by atoms with Crippen LogP contribution in [0.25, 0.3) is 11.0 Å². The Morgan fingerprint density at radius 2 is 1.84 bits per heavy atom. The van der Waals surface area contributed by atoms with E-state index in [1.54, 1.807) is 24.3 Å². The minimum atomic E-state index is -3.32. The van der Waals surface area contributed by atoms with Crippen LogP contribution in [0.3, 0.4) is 0 Å². The van der Waals surface area contributed by atoms with Crippen LogP contribution in [0.15, 0.2) is 48.5 Å². The lowest BCUT2D eigenvalue weighted by Crippen LogP contribution is -2.40. The van der Waals surface area contributed by atoms with E-state index in [1.165, 1.54) is 4.31 Å². The van der Waals surface area contributed by atoms with E-state index in [-0.39, 0.29) is 17.7 Å². The van der Waals surface area contributed by atoms with Gasteiger partial charge < -0.3 is 9.88 Å². The topological polar surface area (TPSA) is 86.4 Å². The van der Waals surface area contributed by atoms with Crippen LogP contribution in [-0.2, 0) is 10.0 Å². The minimum Gasteiger partial charge on any atom is -0.340 e. The third kappa shape index (κ3) is 3.80. The van der Waals surface area contributed by atoms with Crippen molar-refractivity contribution >= 4 is 32.7 Å². The third-order valence-electron chi connectivity index (χ3n) is 6.22. The average molecular weight is 439 g/mol. The molecule has 8 heteroatoms. The summed E-state index contributed by atoms with van der Waals surface area (Å²) < 4.78 is 26.5. The molecule has 0 radical (unpaired) electrons. The van der Waals surface area contributed by atoms with Crippen LogP contribution in [0.4, 0.5) is 5.69 Å². The number of fused-ring (bicyclic) bond motifs is 1. The number of H-pyrrole nitrogens is 1. The number of aromatic nitrogens is 2. The maximum absolute atomic E-state index is 13.5. The zero-order valence-electron chi connectivity index (χ0n) is 17.3. The number of piperidine rings is 1. The Kier molecular flexibility index (Phi) is 5.17. The molecule has 5 rings (SSSR count). The van der Waals surface area contributed by atoms with Crippen molar-refractivity contribution in [2.45, 2.75) is 38.1 Å². The number of rotatable bonds is 3. The molecule has 31 heavy (non-hydrogen) atoms. The summed E-state index contributed by atoms with van der Waals surface area (Å²) in [6.07, 6.45) is 4.36. The highest BCUT2D eigenvalue weighted by molar-refractivity contribution is 7.92. The molecule has 1 atom stereocenters. The average Bonchev–Trinajstić information content (AvgIpc) is 3.22. The van der Waals surface area contributed by atoms with Crippen molar-refractivity contribution in [3.63, 3.8) is 0 Å². The summed E-state index contributed by atoms with van der Waals surface area (Å²) in [5, 5.41) is 0. The van der Waals surface area contributed by atoms with E-state index in [9.17, 15) is 13.2 Å². The fourth-order valence-electron chi connectivity index (χ4n) is 4.63. The number of carbonyl (C=O) groups excluding carboxylic acids is 1. The number of sulfonamides is 1. The van der Waals surface area contributed by atoms with Crippen LogP contribution in [0.2, 0.25) is 0 Å². The largest absolute Gasteiger partial charge is 0.340 e. The number of benzene rings is 2. The van der Waals surface area contributed by atoms with Gasteiger partial charge in [-0.3, -0.25) is 9.10 Å². The van der Waals surface area contributed by atoms with Gasteiger partial charge in [0.2, 0.25) is 10.0 Å². The molecule has 3 heterocycles. The van der Waals surface area contributed by atoms with E-state index < -0.39 is 10.0 Å². The Labute approximate surface area is 182 Å². The second-order valence-corrected chi connectivity index (χ2v) is 10.3. The summed E-state index contributed by atoms with van der Waals surface area (Å²) >= 11 is 0. The molecule has 2 fully saturated rings. The normalized spacial score (nSPS) is 21.4. The number of likely N-dealkylation sites (tertiary alicyclic amines) is 1. The van der Waals surface area contributed by atoms with Crippen molar-refractivity contribution in [1.82, 2.24) is 14.9 Å². The molecule has 2 aliphatic heterocycles. The fraction of sp³-hybridized carbons (Fsp3) is 0.391. The van der Waals surface area contributed by atoms with E-state index in [2.05, 4.69) is 4.98 Å². The summed E-state index contributed by atoms with van der Waals surface area (Å²) in [6.45, 7) is 1.12. The molecule has 1 amide bonds. The van der Waals surface area contributed by atoms with Crippen LogP contribution in [0.5, 0.6) is 0 Å². The predicted molar refractivity (Wildman–Crippen MR) is 121 cm³/mol. The smallest absolute Gasteiger partial charge is 0.254 e. The fourth-order valence-corrected chi connectivity index (χ4v) is 6.26. The molecule has 1 aromatic heterocycles. The zero-order valence-corrected chi connectivity index (χ0v) is 18.1. The predicted octanol–water partition coefficient (Wildman–Crippen LogP) is 3.86. The van der Waals surface area contributed by atoms with Crippen LogP contribution in [-0.4, -0.2) is 48.0 Å². The van der Waals surface area contributed by atoms with Gasteiger partial charge in [-0.25, -0.2) is 13.4 Å². The van der Waals surface area contributed by atoms with Gasteiger partial charge in [0.05, 0.1) is 28.5 Å². The maximum Gasteiger partial charge on any atom is 0.254 e. The molecule has 162 valence electrons. The third-order valence-corrected chi connectivity index (χ3v) is 8.09. The molecular formula is C23H26N4O3S. The van der Waals surface area contributed by atoms with Crippen LogP contribution < -0.4 is 4.31 Å². The molecule has 7 nitrogen and oxygen atoms in total. The van der Waals surface area contributed by atoms with E-state index in [0.717, 1.165) is 42.5 Å². The van der Waals surface area contributed by atoms with E-state index in [0.29, 0.717) is 30.8 Å². The summed E-state index contributed by atoms with van der Waals surface area (Å²) in [4.78, 5) is 23.5. The first kappa shape index (κ1) is 20.1. The number of hydrogen-bond donors (Lipinski definition) is 1. The highest BCUT2D eigenvalue weighted by Crippen LogP contribution is 2.32. The quantitative estimate of drug-likeness (QED) is 0.673. The number of hydrogen-bond acceptors (Lipinski definition) is 4. The molecule has 2 aliphatic rings. The lowest BCUT2D eigenvalue weighted by atomic mass is 10.00. The van der Waals surface area contributed by atoms with Gasteiger partial charge in [-0.1, -0.05) is 18.2 Å². The van der Waals surface area contributed by atoms with Gasteiger partial charge >= 0.3 is 0 Å². The van der Waals surface area contributed by atoms with Crippen molar-refractivity contribution in [2.75, 3.05) is 23.1 Å². The minimum absolute atomic E-state index is 0.0820. The molecule has 0 saturated carbocycles. The Bertz CT molecular complexity index is 1190. The standard InChI is InChI=1S/C23H26N4O3S/c28-23(17-8-7-9-18(16-17)27-14-5-6-15-31(27,29)30)26-13-4-3-12-21(26)22-24-19-10-1-2-11-20(19)25-22/h1-2,7-11,16,21H,3-6,12-15H2,(H,24,25)/t21-/m1/s1. The molecule has 2 aromatic carbocycles. The van der Waals surface area contributed by atoms with Crippen molar-refractivity contribution < 1.29 is 13.2 Å². The van der Waals surface area contributed by atoms with E-state index >= 15 is 0 Å². The second-order valence-electron chi connectivity index (χ2n) is 8.29. The highest BCUT2D eigenvalue weighted by Gasteiger charge is 2.32. The number of imidazole rings is 1. The number of nitrogens with zero attached hydrogens (tertiary/aromatic N) is 3. The number of nitrogens with one attached hydrogen (secondary N) is 1. The first-order valence-electron chi connectivity index (χ1n) is 10.9. The van der Waals surface area contributed by atoms with Crippen LogP contribution in [0.1, 0.15) is 54.3 Å². The molecule has 0 spiro atoms. The summed E-state index contributed by atoms with van der Waals surface area (Å²) in [5.41, 5.74) is 2.95. The monoisotopic (exact) mass is 438 g/mol. The molecule has 0 aliphatic carbocycles. The maximum atomic E-state index is 13.5. The molecular weight excluding hydrogens is 412 g/mol. The Morgan fingerprint density at radius 3 is 2.68 bits per heavy atom. The number of carbonyl (C=O) groups is 1. The van der Waals surface area contributed by atoms with Gasteiger partial charge in [0.25, 0.3) is 5.91 Å². The molecule has 0 unspecified atom stereocenters. The number of para-hydroxylation sites is 2. The zero-order chi connectivity index (χ0) is 21.4. The Morgan fingerprint density at radius 1 is 1.00 bits per heavy atom. The molecule has 1 N–H and O–H groups in total. The van der Waals surface area contributed by atoms with Crippen LogP contribution >= 0.6 is 0 Å². The first-order chi connectivity index (χ1) is 15.0. The highest BCUT2D eigenvalue weighted by atomic mass is 32.2. The summed E-state index contributed by atoms with van der Waals surface area (Å²) in [7, 11) is -3.32. The summed E-state index contributed by atoms with van der Waals surface area (Å²) in [6, 6.07) is 14.8. The summed E-state index contributed by atoms with van der Waals surface area (Å²) in [5.74, 6) is 0.885. The Balaban J connectivity index is 1.45. The van der Waals surface area contributed by atoms with Gasteiger partial charge in [0.15, 0.2) is 0 Å². The lowest BCUT2D eigenvalue weighted by molar-refractivity contribution is 0.0601. The first-order valence-corrected chi connectivity index (χ1v) is 12.5. The van der Waals surface area contributed by atoms with Gasteiger partial charge in [-0.05, 0) is 62.4 Å². The molecule has 3 aromatic rings. The van der Waals surface area contributed by atoms with Gasteiger partial charge in [0.1, 0.15) is 5.82 Å².